The van der Waals surface area contributed by atoms with E-state index >= 15 is 0 Å². The molecule has 4 rings (SSSR count). The van der Waals surface area contributed by atoms with Crippen molar-refractivity contribution in [2.75, 3.05) is 7.05 Å². The summed E-state index contributed by atoms with van der Waals surface area (Å²) in [5, 5.41) is 8.68. The van der Waals surface area contributed by atoms with E-state index in [2.05, 4.69) is 15.3 Å². The van der Waals surface area contributed by atoms with Gasteiger partial charge < -0.3 is 4.90 Å². The van der Waals surface area contributed by atoms with Gasteiger partial charge in [-0.05, 0) is 24.3 Å². The molecule has 0 atom stereocenters. The Labute approximate surface area is 165 Å². The standard InChI is InChI=1S/C21H17F2N5O/c1-27(11-15-10-9-14-5-2-3-8-19(14)24-15)21(29)20-13-28(26-25-20)12-16-17(22)6-4-7-18(16)23/h2-10,13H,11-12H2,1H3. The number of carbonyl (C=O) groups excluding carboxylic acids is 1. The SMILES string of the molecule is CN(Cc1ccc2ccccc2n1)C(=O)c1cn(Cc2c(F)cccc2F)nn1. The highest BCUT2D eigenvalue weighted by Crippen LogP contribution is 2.15. The van der Waals surface area contributed by atoms with Crippen LogP contribution in [0.15, 0.2) is 60.8 Å². The van der Waals surface area contributed by atoms with Gasteiger partial charge in [0, 0.05) is 18.0 Å². The molecule has 0 radical (unpaired) electrons. The molecule has 2 aromatic carbocycles. The van der Waals surface area contributed by atoms with Crippen LogP contribution in [0, 0.1) is 11.6 Å². The molecular weight excluding hydrogens is 376 g/mol. The summed E-state index contributed by atoms with van der Waals surface area (Å²) in [5.74, 6) is -1.71. The van der Waals surface area contributed by atoms with Crippen molar-refractivity contribution in [2.45, 2.75) is 13.1 Å². The molecule has 29 heavy (non-hydrogen) atoms. The number of rotatable bonds is 5. The summed E-state index contributed by atoms with van der Waals surface area (Å²) >= 11 is 0. The van der Waals surface area contributed by atoms with Crippen LogP contribution in [0.5, 0.6) is 0 Å². The number of hydrogen-bond donors (Lipinski definition) is 0. The van der Waals surface area contributed by atoms with E-state index in [-0.39, 0.29) is 23.7 Å². The zero-order valence-electron chi connectivity index (χ0n) is 15.6. The van der Waals surface area contributed by atoms with Crippen molar-refractivity contribution in [3.8, 4) is 0 Å². The number of fused-ring (bicyclic) bond motifs is 1. The lowest BCUT2D eigenvalue weighted by molar-refractivity contribution is 0.0777. The second-order valence-corrected chi connectivity index (χ2v) is 6.66. The Hall–Kier alpha value is -3.68. The van der Waals surface area contributed by atoms with E-state index in [1.165, 1.54) is 34.0 Å². The van der Waals surface area contributed by atoms with Gasteiger partial charge in [0.15, 0.2) is 5.69 Å². The monoisotopic (exact) mass is 393 g/mol. The Morgan fingerprint density at radius 1 is 1.03 bits per heavy atom. The third-order valence-electron chi connectivity index (χ3n) is 4.54. The number of benzene rings is 2. The maximum atomic E-state index is 13.8. The highest BCUT2D eigenvalue weighted by Gasteiger charge is 2.18. The number of para-hydroxylation sites is 1. The van der Waals surface area contributed by atoms with Gasteiger partial charge in [-0.15, -0.1) is 5.10 Å². The van der Waals surface area contributed by atoms with Crippen molar-refractivity contribution in [3.05, 3.63) is 89.4 Å². The van der Waals surface area contributed by atoms with Crippen LogP contribution in [-0.2, 0) is 13.1 Å². The molecule has 4 aromatic rings. The van der Waals surface area contributed by atoms with Gasteiger partial charge in [0.2, 0.25) is 0 Å². The lowest BCUT2D eigenvalue weighted by Gasteiger charge is -2.15. The molecule has 0 aliphatic rings. The maximum absolute atomic E-state index is 13.8. The van der Waals surface area contributed by atoms with Crippen LogP contribution >= 0.6 is 0 Å². The van der Waals surface area contributed by atoms with Crippen LogP contribution < -0.4 is 0 Å². The Kier molecular flexibility index (Phi) is 4.99. The predicted molar refractivity (Wildman–Crippen MR) is 103 cm³/mol. The van der Waals surface area contributed by atoms with Crippen LogP contribution in [0.4, 0.5) is 8.78 Å². The Balaban J connectivity index is 1.47. The van der Waals surface area contributed by atoms with Crippen LogP contribution in [0.2, 0.25) is 0 Å². The minimum Gasteiger partial charge on any atom is -0.334 e. The van der Waals surface area contributed by atoms with Gasteiger partial charge in [-0.25, -0.2) is 13.5 Å². The molecule has 1 amide bonds. The predicted octanol–water partition coefficient (Wildman–Crippen LogP) is 3.43. The van der Waals surface area contributed by atoms with E-state index in [0.717, 1.165) is 16.6 Å². The number of nitrogens with zero attached hydrogens (tertiary/aromatic N) is 5. The maximum Gasteiger partial charge on any atom is 0.276 e. The molecule has 2 heterocycles. The summed E-state index contributed by atoms with van der Waals surface area (Å²) in [6.07, 6.45) is 1.37. The van der Waals surface area contributed by atoms with E-state index < -0.39 is 11.6 Å². The largest absolute Gasteiger partial charge is 0.334 e. The third kappa shape index (κ3) is 3.96. The van der Waals surface area contributed by atoms with Gasteiger partial charge in [-0.3, -0.25) is 9.78 Å². The van der Waals surface area contributed by atoms with Gasteiger partial charge in [-0.2, -0.15) is 0 Å². The average Bonchev–Trinajstić information content (AvgIpc) is 3.19. The van der Waals surface area contributed by atoms with Gasteiger partial charge >= 0.3 is 0 Å². The summed E-state index contributed by atoms with van der Waals surface area (Å²) in [5.41, 5.74) is 1.54. The molecule has 2 aromatic heterocycles. The fourth-order valence-electron chi connectivity index (χ4n) is 3.03. The van der Waals surface area contributed by atoms with Crippen molar-refractivity contribution < 1.29 is 13.6 Å². The van der Waals surface area contributed by atoms with Crippen LogP contribution in [0.1, 0.15) is 21.7 Å². The average molecular weight is 393 g/mol. The number of hydrogen-bond acceptors (Lipinski definition) is 4. The Bertz CT molecular complexity index is 1170. The van der Waals surface area contributed by atoms with Crippen molar-refractivity contribution in [2.24, 2.45) is 0 Å². The molecule has 146 valence electrons. The number of aromatic nitrogens is 4. The zero-order chi connectivity index (χ0) is 20.4. The van der Waals surface area contributed by atoms with Crippen molar-refractivity contribution in [1.82, 2.24) is 24.9 Å². The first-order valence-electron chi connectivity index (χ1n) is 8.94. The first kappa shape index (κ1) is 18.7. The molecule has 8 heteroatoms. The van der Waals surface area contributed by atoms with Crippen LogP contribution in [0.3, 0.4) is 0 Å². The first-order valence-corrected chi connectivity index (χ1v) is 8.94. The second-order valence-electron chi connectivity index (χ2n) is 6.66. The molecule has 0 aliphatic heterocycles. The van der Waals surface area contributed by atoms with Gasteiger partial charge in [0.25, 0.3) is 5.91 Å². The molecule has 0 unspecified atom stereocenters. The summed E-state index contributed by atoms with van der Waals surface area (Å²) in [7, 11) is 1.63. The topological polar surface area (TPSA) is 63.9 Å². The number of pyridine rings is 1. The summed E-state index contributed by atoms with van der Waals surface area (Å²) in [6.45, 7) is 0.132. The lowest BCUT2D eigenvalue weighted by atomic mass is 10.2. The lowest BCUT2D eigenvalue weighted by Crippen LogP contribution is -2.27. The smallest absolute Gasteiger partial charge is 0.276 e. The molecule has 0 saturated heterocycles. The van der Waals surface area contributed by atoms with E-state index in [4.69, 9.17) is 0 Å². The summed E-state index contributed by atoms with van der Waals surface area (Å²) < 4.78 is 28.8. The van der Waals surface area contributed by atoms with Crippen LogP contribution in [0.25, 0.3) is 10.9 Å². The van der Waals surface area contributed by atoms with Crippen molar-refractivity contribution in [1.29, 1.82) is 0 Å². The molecule has 0 N–H and O–H groups in total. The van der Waals surface area contributed by atoms with E-state index in [1.54, 1.807) is 7.05 Å². The van der Waals surface area contributed by atoms with E-state index in [0.29, 0.717) is 6.54 Å². The number of carbonyl (C=O) groups is 1. The van der Waals surface area contributed by atoms with E-state index in [9.17, 15) is 13.6 Å². The quantitative estimate of drug-likeness (QED) is 0.521. The molecule has 0 fully saturated rings. The zero-order valence-corrected chi connectivity index (χ0v) is 15.6. The van der Waals surface area contributed by atoms with Gasteiger partial charge in [0.05, 0.1) is 30.5 Å². The minimum atomic E-state index is -0.673. The summed E-state index contributed by atoms with van der Waals surface area (Å²) in [4.78, 5) is 18.7. The van der Waals surface area contributed by atoms with Crippen molar-refractivity contribution in [3.63, 3.8) is 0 Å². The Morgan fingerprint density at radius 3 is 2.59 bits per heavy atom. The highest BCUT2D eigenvalue weighted by molar-refractivity contribution is 5.91. The van der Waals surface area contributed by atoms with E-state index in [1.807, 2.05) is 36.4 Å². The van der Waals surface area contributed by atoms with Gasteiger partial charge in [0.1, 0.15) is 11.6 Å². The second kappa shape index (κ2) is 7.75. The van der Waals surface area contributed by atoms with Crippen molar-refractivity contribution >= 4 is 16.8 Å². The fraction of sp³-hybridized carbons (Fsp3) is 0.143. The molecule has 0 saturated carbocycles. The molecular formula is C21H17F2N5O. The fourth-order valence-corrected chi connectivity index (χ4v) is 3.03. The Morgan fingerprint density at radius 2 is 1.79 bits per heavy atom. The minimum absolute atomic E-state index is 0.0880. The number of halogens is 2. The van der Waals surface area contributed by atoms with Crippen LogP contribution in [-0.4, -0.2) is 37.8 Å². The molecule has 0 bridgehead atoms. The molecule has 6 nitrogen and oxygen atoms in total. The summed E-state index contributed by atoms with van der Waals surface area (Å²) in [6, 6.07) is 15.2. The normalized spacial score (nSPS) is 11.0. The van der Waals surface area contributed by atoms with Gasteiger partial charge in [-0.1, -0.05) is 35.5 Å². The first-order chi connectivity index (χ1) is 14.0. The number of amides is 1. The molecule has 0 aliphatic carbocycles. The highest BCUT2D eigenvalue weighted by atomic mass is 19.1. The molecule has 0 spiro atoms. The third-order valence-corrected chi connectivity index (χ3v) is 4.54.